The Balaban J connectivity index is 1.52. The van der Waals surface area contributed by atoms with Crippen molar-refractivity contribution in [3.8, 4) is 11.5 Å². The van der Waals surface area contributed by atoms with Crippen molar-refractivity contribution < 1.29 is 32.3 Å². The predicted octanol–water partition coefficient (Wildman–Crippen LogP) is 5.03. The number of urea groups is 1. The summed E-state index contributed by atoms with van der Waals surface area (Å²) in [7, 11) is 1.42. The summed E-state index contributed by atoms with van der Waals surface area (Å²) in [6, 6.07) is 9.61. The zero-order chi connectivity index (χ0) is 25.2. The van der Waals surface area contributed by atoms with Crippen molar-refractivity contribution in [2.45, 2.75) is 19.0 Å². The van der Waals surface area contributed by atoms with Gasteiger partial charge in [0, 0.05) is 37.0 Å². The molecular formula is C24H19F3N4O4. The van der Waals surface area contributed by atoms with E-state index in [2.05, 4.69) is 20.9 Å². The van der Waals surface area contributed by atoms with Crippen LogP contribution in [0, 0.1) is 0 Å². The Labute approximate surface area is 197 Å². The van der Waals surface area contributed by atoms with Gasteiger partial charge in [0.25, 0.3) is 5.91 Å². The van der Waals surface area contributed by atoms with Gasteiger partial charge >= 0.3 is 12.2 Å². The number of halogens is 3. The second-order valence-corrected chi connectivity index (χ2v) is 7.64. The number of aryl methyl sites for hydroxylation is 1. The van der Waals surface area contributed by atoms with E-state index in [1.807, 2.05) is 0 Å². The number of benzene rings is 2. The quantitative estimate of drug-likeness (QED) is 0.471. The number of Topliss-reactive ketones (excluding diaryl/α,β-unsaturated/α-hetero) is 1. The Morgan fingerprint density at radius 1 is 0.971 bits per heavy atom. The summed E-state index contributed by atoms with van der Waals surface area (Å²) in [4.78, 5) is 39.7. The number of hydrogen-bond acceptors (Lipinski definition) is 5. The van der Waals surface area contributed by atoms with Gasteiger partial charge in [-0.2, -0.15) is 13.2 Å². The molecule has 1 aliphatic carbocycles. The lowest BCUT2D eigenvalue weighted by atomic mass is 10.1. The highest BCUT2D eigenvalue weighted by Crippen LogP contribution is 2.38. The molecule has 1 aromatic heterocycles. The summed E-state index contributed by atoms with van der Waals surface area (Å²) in [5, 5.41) is 7.09. The summed E-state index contributed by atoms with van der Waals surface area (Å²) in [5.41, 5.74) is 0.161. The molecule has 0 aliphatic heterocycles. The van der Waals surface area contributed by atoms with Crippen molar-refractivity contribution >= 4 is 29.1 Å². The second kappa shape index (κ2) is 9.45. The molecular weight excluding hydrogens is 465 g/mol. The van der Waals surface area contributed by atoms with Crippen LogP contribution in [0.25, 0.3) is 0 Å². The summed E-state index contributed by atoms with van der Waals surface area (Å²) in [6.45, 7) is 0. The minimum atomic E-state index is -4.79. The second-order valence-electron chi connectivity index (χ2n) is 7.64. The fourth-order valence-corrected chi connectivity index (χ4v) is 3.61. The number of alkyl halides is 3. The minimum Gasteiger partial charge on any atom is -0.457 e. The van der Waals surface area contributed by atoms with Gasteiger partial charge in [-0.1, -0.05) is 0 Å². The van der Waals surface area contributed by atoms with E-state index in [0.29, 0.717) is 24.1 Å². The van der Waals surface area contributed by atoms with Crippen molar-refractivity contribution in [3.05, 3.63) is 77.1 Å². The van der Waals surface area contributed by atoms with Gasteiger partial charge in [0.1, 0.15) is 17.2 Å². The first kappa shape index (κ1) is 23.7. The van der Waals surface area contributed by atoms with Crippen molar-refractivity contribution in [2.75, 3.05) is 17.7 Å². The fourth-order valence-electron chi connectivity index (χ4n) is 3.61. The lowest BCUT2D eigenvalue weighted by Crippen LogP contribution is -2.22. The van der Waals surface area contributed by atoms with Crippen molar-refractivity contribution in [2.24, 2.45) is 0 Å². The molecule has 3 amide bonds. The largest absolute Gasteiger partial charge is 0.457 e. The van der Waals surface area contributed by atoms with Crippen LogP contribution in [-0.4, -0.2) is 29.8 Å². The predicted molar refractivity (Wildman–Crippen MR) is 121 cm³/mol. The molecule has 8 nitrogen and oxygen atoms in total. The van der Waals surface area contributed by atoms with Crippen LogP contribution in [0.3, 0.4) is 0 Å². The van der Waals surface area contributed by atoms with Gasteiger partial charge in [0.05, 0.1) is 11.3 Å². The number of nitrogens with zero attached hydrogens (tertiary/aromatic N) is 1. The van der Waals surface area contributed by atoms with Crippen molar-refractivity contribution in [3.63, 3.8) is 0 Å². The molecule has 35 heavy (non-hydrogen) atoms. The van der Waals surface area contributed by atoms with Gasteiger partial charge in [-0.25, -0.2) is 4.79 Å². The van der Waals surface area contributed by atoms with E-state index in [4.69, 9.17) is 4.74 Å². The minimum absolute atomic E-state index is 0.0183. The summed E-state index contributed by atoms with van der Waals surface area (Å²) in [6.07, 6.45) is -2.56. The molecule has 0 fully saturated rings. The zero-order valence-corrected chi connectivity index (χ0v) is 18.3. The molecule has 0 saturated carbocycles. The fraction of sp³-hybridized carbons (Fsp3) is 0.167. The maximum absolute atomic E-state index is 13.7. The zero-order valence-electron chi connectivity index (χ0n) is 18.3. The number of amides is 3. The van der Waals surface area contributed by atoms with E-state index in [1.165, 1.54) is 37.5 Å². The Morgan fingerprint density at radius 3 is 2.49 bits per heavy atom. The molecule has 180 valence electrons. The first-order valence-corrected chi connectivity index (χ1v) is 10.5. The third-order valence-corrected chi connectivity index (χ3v) is 5.26. The van der Waals surface area contributed by atoms with Gasteiger partial charge in [-0.05, 0) is 54.4 Å². The Morgan fingerprint density at radius 2 is 1.74 bits per heavy atom. The summed E-state index contributed by atoms with van der Waals surface area (Å²) >= 11 is 0. The highest BCUT2D eigenvalue weighted by Gasteiger charge is 2.34. The third-order valence-electron chi connectivity index (χ3n) is 5.26. The average Bonchev–Trinajstić information content (AvgIpc) is 3.19. The van der Waals surface area contributed by atoms with Crippen molar-refractivity contribution in [1.29, 1.82) is 0 Å². The maximum Gasteiger partial charge on any atom is 0.418 e. The number of ether oxygens (including phenoxy) is 1. The Hall–Kier alpha value is -4.41. The van der Waals surface area contributed by atoms with E-state index in [9.17, 15) is 27.6 Å². The number of carbonyl (C=O) groups excluding carboxylic acids is 3. The van der Waals surface area contributed by atoms with Gasteiger partial charge in [0.15, 0.2) is 5.78 Å². The van der Waals surface area contributed by atoms with Gasteiger partial charge in [-0.3, -0.25) is 14.6 Å². The van der Waals surface area contributed by atoms with Crippen LogP contribution >= 0.6 is 0 Å². The molecule has 0 bridgehead atoms. The number of nitrogens with one attached hydrogen (secondary N) is 3. The van der Waals surface area contributed by atoms with Crippen LogP contribution in [0.5, 0.6) is 11.5 Å². The average molecular weight is 484 g/mol. The smallest absolute Gasteiger partial charge is 0.418 e. The number of anilines is 2. The topological polar surface area (TPSA) is 109 Å². The van der Waals surface area contributed by atoms with E-state index in [-0.39, 0.29) is 23.0 Å². The molecule has 2 aromatic carbocycles. The number of ketones is 1. The number of aromatic nitrogens is 1. The highest BCUT2D eigenvalue weighted by atomic mass is 19.4. The third kappa shape index (κ3) is 5.40. The molecule has 0 saturated heterocycles. The Kier molecular flexibility index (Phi) is 6.41. The first-order chi connectivity index (χ1) is 16.6. The van der Waals surface area contributed by atoms with Crippen LogP contribution in [-0.2, 0) is 12.6 Å². The lowest BCUT2D eigenvalue weighted by molar-refractivity contribution is -0.137. The van der Waals surface area contributed by atoms with Gasteiger partial charge < -0.3 is 20.7 Å². The molecule has 0 atom stereocenters. The van der Waals surface area contributed by atoms with E-state index >= 15 is 0 Å². The van der Waals surface area contributed by atoms with Crippen LogP contribution in [0.4, 0.5) is 29.3 Å². The lowest BCUT2D eigenvalue weighted by Gasteiger charge is -2.16. The molecule has 11 heteroatoms. The number of fused-ring (bicyclic) bond motifs is 1. The standard InChI is InChI=1S/C24H19F3N4O4/c1-28-22(33)20-12-16(8-9-29-20)35-15-4-6-19(18(11-15)24(25,26)27)31-23(34)30-14-3-5-17-13(10-14)2-7-21(17)32/h3-6,8-12H,2,7H2,1H3,(H,28,33)(H2,30,31,34). The van der Waals surface area contributed by atoms with Crippen LogP contribution in [0.15, 0.2) is 54.7 Å². The van der Waals surface area contributed by atoms with Crippen molar-refractivity contribution in [1.82, 2.24) is 10.3 Å². The number of hydrogen-bond donors (Lipinski definition) is 3. The molecule has 0 radical (unpaired) electrons. The van der Waals surface area contributed by atoms with Gasteiger partial charge in [0.2, 0.25) is 0 Å². The van der Waals surface area contributed by atoms with Crippen LogP contribution in [0.1, 0.15) is 38.4 Å². The normalized spacial score (nSPS) is 12.6. The first-order valence-electron chi connectivity index (χ1n) is 10.5. The SMILES string of the molecule is CNC(=O)c1cc(Oc2ccc(NC(=O)Nc3ccc4c(c3)CCC4=O)c(C(F)(F)F)c2)ccn1. The van der Waals surface area contributed by atoms with Crippen LogP contribution in [0.2, 0.25) is 0 Å². The molecule has 4 rings (SSSR count). The summed E-state index contributed by atoms with van der Waals surface area (Å²) in [5.74, 6) is -0.502. The molecule has 0 unspecified atom stereocenters. The number of rotatable bonds is 5. The molecule has 1 heterocycles. The summed E-state index contributed by atoms with van der Waals surface area (Å²) < 4.78 is 46.7. The number of pyridine rings is 1. The number of carbonyl (C=O) groups is 3. The molecule has 3 aromatic rings. The van der Waals surface area contributed by atoms with Gasteiger partial charge in [-0.15, -0.1) is 0 Å². The molecule has 1 aliphatic rings. The van der Waals surface area contributed by atoms with E-state index < -0.39 is 29.4 Å². The van der Waals surface area contributed by atoms with E-state index in [1.54, 1.807) is 12.1 Å². The van der Waals surface area contributed by atoms with E-state index in [0.717, 1.165) is 17.7 Å². The van der Waals surface area contributed by atoms with Crippen LogP contribution < -0.4 is 20.7 Å². The molecule has 0 spiro atoms. The monoisotopic (exact) mass is 484 g/mol. The maximum atomic E-state index is 13.7. The Bertz CT molecular complexity index is 1320. The highest BCUT2D eigenvalue weighted by molar-refractivity contribution is 6.03. The molecule has 3 N–H and O–H groups in total.